The van der Waals surface area contributed by atoms with Gasteiger partial charge >= 0.3 is 0 Å². The van der Waals surface area contributed by atoms with Crippen LogP contribution in [-0.2, 0) is 16.0 Å². The van der Waals surface area contributed by atoms with Crippen molar-refractivity contribution in [3.63, 3.8) is 0 Å². The van der Waals surface area contributed by atoms with Crippen LogP contribution < -0.4 is 10.2 Å². The first-order valence-corrected chi connectivity index (χ1v) is 13.1. The van der Waals surface area contributed by atoms with Gasteiger partial charge in [-0.1, -0.05) is 6.07 Å². The van der Waals surface area contributed by atoms with Gasteiger partial charge in [0.2, 0.25) is 0 Å². The van der Waals surface area contributed by atoms with Crippen LogP contribution in [0.15, 0.2) is 18.2 Å². The molecule has 3 unspecified atom stereocenters. The van der Waals surface area contributed by atoms with Crippen molar-refractivity contribution in [2.24, 2.45) is 17.8 Å². The van der Waals surface area contributed by atoms with Crippen molar-refractivity contribution in [1.82, 2.24) is 10.2 Å². The predicted octanol–water partition coefficient (Wildman–Crippen LogP) is 2.91. The van der Waals surface area contributed by atoms with Gasteiger partial charge in [0.25, 0.3) is 0 Å². The molecule has 6 rings (SSSR count). The van der Waals surface area contributed by atoms with Gasteiger partial charge in [-0.3, -0.25) is 9.69 Å². The lowest BCUT2D eigenvalue weighted by atomic mass is 9.88. The molecule has 4 aliphatic heterocycles. The first kappa shape index (κ1) is 22.5. The first-order chi connectivity index (χ1) is 16.6. The average Bonchev–Trinajstić information content (AvgIpc) is 3.65. The van der Waals surface area contributed by atoms with E-state index in [2.05, 4.69) is 21.2 Å². The van der Waals surface area contributed by atoms with Crippen LogP contribution in [0.2, 0.25) is 0 Å². The van der Waals surface area contributed by atoms with Gasteiger partial charge < -0.3 is 15.0 Å². The number of ketones is 1. The van der Waals surface area contributed by atoms with Crippen molar-refractivity contribution in [2.45, 2.75) is 69.1 Å². The number of carbonyl (C=O) groups is 1. The smallest absolute Gasteiger partial charge is 0.151 e. The predicted molar refractivity (Wildman–Crippen MR) is 127 cm³/mol. The van der Waals surface area contributed by atoms with E-state index in [0.717, 1.165) is 70.6 Å². The van der Waals surface area contributed by atoms with E-state index in [-0.39, 0.29) is 30.5 Å². The van der Waals surface area contributed by atoms with Gasteiger partial charge in [0.05, 0.1) is 24.6 Å². The normalized spacial score (nSPS) is 35.6. The van der Waals surface area contributed by atoms with E-state index in [9.17, 15) is 10.1 Å². The number of halogens is 1. The van der Waals surface area contributed by atoms with Crippen LogP contribution in [0, 0.1) is 34.9 Å². The molecule has 7 atom stereocenters. The fraction of sp³-hybridized carbons (Fsp3) is 0.704. The molecule has 0 aromatic heterocycles. The molecule has 1 saturated carbocycles. The van der Waals surface area contributed by atoms with Gasteiger partial charge in [-0.2, -0.15) is 5.26 Å². The van der Waals surface area contributed by atoms with Crippen LogP contribution in [0.5, 0.6) is 0 Å². The van der Waals surface area contributed by atoms with E-state index in [1.54, 1.807) is 6.07 Å². The zero-order valence-corrected chi connectivity index (χ0v) is 19.8. The standard InChI is InChI=1S/C27H35FN4O2/c28-24-12-22(32-7-5-20-14-31(15-25(20)32)23-6-8-34-16-23)4-2-18(24)9-17(13-29)10-26(33)27-19-1-3-21(11-19)30-27/h2,4,12,17,19-21,23,25,27,30H,1,3,5-11,14-16H2/t17-,19+,20?,21-,23?,25?,27+/m1/s1. The van der Waals surface area contributed by atoms with E-state index in [1.807, 2.05) is 12.1 Å². The van der Waals surface area contributed by atoms with Crippen molar-refractivity contribution < 1.29 is 13.9 Å². The van der Waals surface area contributed by atoms with Gasteiger partial charge in [-0.25, -0.2) is 4.39 Å². The number of anilines is 1. The highest BCUT2D eigenvalue weighted by atomic mass is 19.1. The van der Waals surface area contributed by atoms with E-state index in [0.29, 0.717) is 35.5 Å². The molecule has 0 amide bonds. The molecule has 1 aromatic rings. The lowest BCUT2D eigenvalue weighted by molar-refractivity contribution is -0.122. The quantitative estimate of drug-likeness (QED) is 0.667. The van der Waals surface area contributed by atoms with Crippen LogP contribution in [0.4, 0.5) is 10.1 Å². The minimum absolute atomic E-state index is 0.105. The average molecular weight is 467 g/mol. The van der Waals surface area contributed by atoms with Crippen LogP contribution in [0.25, 0.3) is 0 Å². The third kappa shape index (κ3) is 4.14. The number of carbonyl (C=O) groups excluding carboxylic acids is 1. The van der Waals surface area contributed by atoms with Gasteiger partial charge in [0, 0.05) is 56.5 Å². The molecule has 7 heteroatoms. The molecule has 4 heterocycles. The molecule has 2 bridgehead atoms. The Bertz CT molecular complexity index is 974. The number of ether oxygens (including phenoxy) is 1. The Morgan fingerprint density at radius 1 is 1.24 bits per heavy atom. The van der Waals surface area contributed by atoms with Crippen molar-refractivity contribution in [1.29, 1.82) is 5.26 Å². The number of likely N-dealkylation sites (tertiary alicyclic amines) is 1. The molecule has 1 aliphatic carbocycles. The SMILES string of the molecule is N#C[C@@H](CC(=O)[C@H]1N[C@@H]2CC[C@H]1C2)Cc1ccc(N2CCC3CN(C4CCOC4)CC32)cc1F. The molecule has 6 nitrogen and oxygen atoms in total. The molecule has 34 heavy (non-hydrogen) atoms. The Hall–Kier alpha value is -2.01. The number of hydrogen-bond donors (Lipinski definition) is 1. The molecule has 1 N–H and O–H groups in total. The number of nitrogens with one attached hydrogen (secondary N) is 1. The summed E-state index contributed by atoms with van der Waals surface area (Å²) in [5, 5.41) is 13.1. The monoisotopic (exact) mass is 466 g/mol. The Balaban J connectivity index is 1.09. The summed E-state index contributed by atoms with van der Waals surface area (Å²) < 4.78 is 20.8. The van der Waals surface area contributed by atoms with Crippen molar-refractivity contribution in [3.8, 4) is 6.07 Å². The van der Waals surface area contributed by atoms with E-state index >= 15 is 4.39 Å². The van der Waals surface area contributed by atoms with Crippen molar-refractivity contribution in [2.75, 3.05) is 37.7 Å². The van der Waals surface area contributed by atoms with Gasteiger partial charge in [0.15, 0.2) is 5.78 Å². The summed E-state index contributed by atoms with van der Waals surface area (Å²) in [6, 6.07) is 9.08. The summed E-state index contributed by atoms with van der Waals surface area (Å²) >= 11 is 0. The van der Waals surface area contributed by atoms with Crippen molar-refractivity contribution in [3.05, 3.63) is 29.6 Å². The molecular formula is C27H35FN4O2. The third-order valence-electron chi connectivity index (χ3n) is 9.17. The van der Waals surface area contributed by atoms with Crippen molar-refractivity contribution >= 4 is 11.5 Å². The second-order valence-electron chi connectivity index (χ2n) is 11.2. The number of rotatable bonds is 7. The molecule has 0 spiro atoms. The Morgan fingerprint density at radius 3 is 2.85 bits per heavy atom. The molecule has 182 valence electrons. The number of piperidine rings is 1. The maximum atomic E-state index is 15.2. The first-order valence-electron chi connectivity index (χ1n) is 13.1. The Labute approximate surface area is 201 Å². The summed E-state index contributed by atoms with van der Waals surface area (Å²) in [6.07, 6.45) is 6.09. The summed E-state index contributed by atoms with van der Waals surface area (Å²) in [6.45, 7) is 4.81. The highest BCUT2D eigenvalue weighted by molar-refractivity contribution is 5.85. The fourth-order valence-corrected chi connectivity index (χ4v) is 7.32. The number of Topliss-reactive ketones (excluding diaryl/α,β-unsaturated/α-hetero) is 1. The number of nitriles is 1. The highest BCUT2D eigenvalue weighted by Crippen LogP contribution is 2.38. The minimum Gasteiger partial charge on any atom is -0.380 e. The van der Waals surface area contributed by atoms with Crippen LogP contribution in [0.3, 0.4) is 0 Å². The Kier molecular flexibility index (Phi) is 6.09. The van der Waals surface area contributed by atoms with Crippen LogP contribution >= 0.6 is 0 Å². The largest absolute Gasteiger partial charge is 0.380 e. The lowest BCUT2D eigenvalue weighted by Crippen LogP contribution is -2.42. The summed E-state index contributed by atoms with van der Waals surface area (Å²) in [5.41, 5.74) is 1.48. The number of nitrogens with zero attached hydrogens (tertiary/aromatic N) is 3. The molecule has 5 fully saturated rings. The van der Waals surface area contributed by atoms with Gasteiger partial charge in [0.1, 0.15) is 5.82 Å². The van der Waals surface area contributed by atoms with Gasteiger partial charge in [-0.15, -0.1) is 0 Å². The maximum Gasteiger partial charge on any atom is 0.151 e. The highest BCUT2D eigenvalue weighted by Gasteiger charge is 2.44. The van der Waals surface area contributed by atoms with E-state index in [1.165, 1.54) is 0 Å². The topological polar surface area (TPSA) is 68.6 Å². The number of benzene rings is 1. The number of fused-ring (bicyclic) bond motifs is 3. The molecule has 4 saturated heterocycles. The fourth-order valence-electron chi connectivity index (χ4n) is 7.32. The van der Waals surface area contributed by atoms with E-state index in [4.69, 9.17) is 4.74 Å². The molecule has 0 radical (unpaired) electrons. The molecule has 5 aliphatic rings. The zero-order valence-electron chi connectivity index (χ0n) is 19.8. The second kappa shape index (κ2) is 9.22. The zero-order chi connectivity index (χ0) is 23.2. The third-order valence-corrected chi connectivity index (χ3v) is 9.17. The molecule has 1 aromatic carbocycles. The Morgan fingerprint density at radius 2 is 2.15 bits per heavy atom. The van der Waals surface area contributed by atoms with Crippen LogP contribution in [0.1, 0.15) is 44.1 Å². The minimum atomic E-state index is -0.484. The second-order valence-corrected chi connectivity index (χ2v) is 11.2. The summed E-state index contributed by atoms with van der Waals surface area (Å²) in [7, 11) is 0. The number of hydrogen-bond acceptors (Lipinski definition) is 6. The van der Waals surface area contributed by atoms with E-state index < -0.39 is 5.92 Å². The lowest BCUT2D eigenvalue weighted by Gasteiger charge is -2.29. The van der Waals surface area contributed by atoms with Crippen LogP contribution in [-0.4, -0.2) is 67.7 Å². The maximum absolute atomic E-state index is 15.2. The van der Waals surface area contributed by atoms with Gasteiger partial charge in [-0.05, 0) is 68.1 Å². The summed E-state index contributed by atoms with van der Waals surface area (Å²) in [4.78, 5) is 17.8. The summed E-state index contributed by atoms with van der Waals surface area (Å²) in [5.74, 6) is 0.437. The molecular weight excluding hydrogens is 431 g/mol.